The van der Waals surface area contributed by atoms with Crippen LogP contribution in [-0.4, -0.2) is 31.2 Å². The Labute approximate surface area is 118 Å². The van der Waals surface area contributed by atoms with Crippen LogP contribution < -0.4 is 11.1 Å². The number of ether oxygens (including phenoxy) is 1. The Balaban J connectivity index is 2.62. The molecular formula is C13H20ClN3O2. The fourth-order valence-electron chi connectivity index (χ4n) is 1.52. The highest BCUT2D eigenvalue weighted by molar-refractivity contribution is 6.29. The average Bonchev–Trinajstić information content (AvgIpc) is 2.36. The first kappa shape index (κ1) is 15.7. The number of anilines is 1. The van der Waals surface area contributed by atoms with Crippen molar-refractivity contribution >= 4 is 23.2 Å². The number of carbonyl (C=O) groups excluding carboxylic acids is 1. The van der Waals surface area contributed by atoms with Gasteiger partial charge < -0.3 is 15.8 Å². The van der Waals surface area contributed by atoms with Gasteiger partial charge in [0.25, 0.3) is 5.91 Å². The number of nitrogen functional groups attached to an aromatic ring is 1. The first-order valence-electron chi connectivity index (χ1n) is 6.04. The van der Waals surface area contributed by atoms with Gasteiger partial charge >= 0.3 is 0 Å². The van der Waals surface area contributed by atoms with Crippen molar-refractivity contribution in [3.63, 3.8) is 0 Å². The number of aromatic nitrogens is 1. The van der Waals surface area contributed by atoms with Crippen LogP contribution in [0.4, 0.5) is 5.69 Å². The maximum atomic E-state index is 12.0. The summed E-state index contributed by atoms with van der Waals surface area (Å²) >= 11 is 5.76. The highest BCUT2D eigenvalue weighted by atomic mass is 35.5. The zero-order valence-electron chi connectivity index (χ0n) is 11.5. The molecule has 0 saturated heterocycles. The Hall–Kier alpha value is -1.33. The van der Waals surface area contributed by atoms with E-state index in [1.165, 1.54) is 12.3 Å². The highest BCUT2D eigenvalue weighted by Gasteiger charge is 2.20. The number of hydrogen-bond donors (Lipinski definition) is 2. The molecule has 0 saturated carbocycles. The van der Waals surface area contributed by atoms with Gasteiger partial charge in [0.1, 0.15) is 5.15 Å². The second-order valence-electron chi connectivity index (χ2n) is 5.18. The third-order valence-electron chi connectivity index (χ3n) is 2.86. The predicted octanol–water partition coefficient (Wildman–Crippen LogP) is 2.11. The number of methoxy groups -OCH3 is 1. The van der Waals surface area contributed by atoms with Crippen molar-refractivity contribution < 1.29 is 9.53 Å². The third kappa shape index (κ3) is 5.04. The number of hydrogen-bond acceptors (Lipinski definition) is 4. The van der Waals surface area contributed by atoms with Gasteiger partial charge in [0, 0.05) is 20.3 Å². The highest BCUT2D eigenvalue weighted by Crippen LogP contribution is 2.20. The van der Waals surface area contributed by atoms with E-state index in [9.17, 15) is 4.79 Å². The van der Waals surface area contributed by atoms with Crippen molar-refractivity contribution in [1.82, 2.24) is 10.3 Å². The van der Waals surface area contributed by atoms with Crippen LogP contribution in [0.5, 0.6) is 0 Å². The van der Waals surface area contributed by atoms with E-state index in [0.717, 1.165) is 6.42 Å². The van der Waals surface area contributed by atoms with Crippen LogP contribution in [0.25, 0.3) is 0 Å². The first-order chi connectivity index (χ1) is 8.85. The molecule has 0 aliphatic rings. The molecule has 1 rings (SSSR count). The van der Waals surface area contributed by atoms with Crippen LogP contribution in [0, 0.1) is 5.41 Å². The molecule has 106 valence electrons. The van der Waals surface area contributed by atoms with Gasteiger partial charge in [0.15, 0.2) is 0 Å². The molecule has 1 heterocycles. The van der Waals surface area contributed by atoms with Gasteiger partial charge in [-0.3, -0.25) is 4.79 Å². The van der Waals surface area contributed by atoms with Crippen LogP contribution in [0.2, 0.25) is 5.15 Å². The fraction of sp³-hybridized carbons (Fsp3) is 0.538. The van der Waals surface area contributed by atoms with Gasteiger partial charge in [-0.25, -0.2) is 4.98 Å². The summed E-state index contributed by atoms with van der Waals surface area (Å²) in [5.41, 5.74) is 6.33. The lowest BCUT2D eigenvalue weighted by Gasteiger charge is -2.24. The largest absolute Gasteiger partial charge is 0.397 e. The summed E-state index contributed by atoms with van der Waals surface area (Å²) in [5, 5.41) is 3.10. The van der Waals surface area contributed by atoms with Crippen molar-refractivity contribution in [3.05, 3.63) is 23.0 Å². The molecule has 1 amide bonds. The average molecular weight is 286 g/mol. The molecule has 1 aromatic rings. The van der Waals surface area contributed by atoms with Crippen LogP contribution in [0.15, 0.2) is 12.3 Å². The Morgan fingerprint density at radius 1 is 1.58 bits per heavy atom. The summed E-state index contributed by atoms with van der Waals surface area (Å²) in [5.74, 6) is -0.243. The molecule has 0 fully saturated rings. The van der Waals surface area contributed by atoms with E-state index < -0.39 is 0 Å². The maximum Gasteiger partial charge on any atom is 0.253 e. The minimum absolute atomic E-state index is 0.0444. The summed E-state index contributed by atoms with van der Waals surface area (Å²) in [6.07, 6.45) is 2.24. The lowest BCUT2D eigenvalue weighted by atomic mass is 9.89. The molecule has 0 aromatic carbocycles. The molecule has 0 radical (unpaired) electrons. The molecule has 0 atom stereocenters. The normalized spacial score (nSPS) is 11.4. The van der Waals surface area contributed by atoms with E-state index in [2.05, 4.69) is 24.1 Å². The smallest absolute Gasteiger partial charge is 0.253 e. The Bertz CT molecular complexity index is 450. The Morgan fingerprint density at radius 3 is 2.89 bits per heavy atom. The van der Waals surface area contributed by atoms with Crippen molar-refractivity contribution in [2.75, 3.05) is 26.0 Å². The molecule has 19 heavy (non-hydrogen) atoms. The SMILES string of the molecule is COCCC(C)(C)CNC(=O)c1cc(Cl)ncc1N. The number of pyridine rings is 1. The summed E-state index contributed by atoms with van der Waals surface area (Å²) < 4.78 is 5.05. The van der Waals surface area contributed by atoms with E-state index in [0.29, 0.717) is 24.4 Å². The minimum Gasteiger partial charge on any atom is -0.397 e. The van der Waals surface area contributed by atoms with Crippen molar-refractivity contribution in [3.8, 4) is 0 Å². The Morgan fingerprint density at radius 2 is 2.26 bits per heavy atom. The number of rotatable bonds is 6. The molecule has 0 spiro atoms. The number of amides is 1. The number of nitrogens with zero attached hydrogens (tertiary/aromatic N) is 1. The molecule has 0 bridgehead atoms. The van der Waals surface area contributed by atoms with Gasteiger partial charge in [0.2, 0.25) is 0 Å². The Kier molecular flexibility index (Phi) is 5.57. The number of nitrogens with two attached hydrogens (primary N) is 1. The van der Waals surface area contributed by atoms with Crippen LogP contribution in [-0.2, 0) is 4.74 Å². The summed E-state index contributed by atoms with van der Waals surface area (Å²) in [7, 11) is 1.66. The van der Waals surface area contributed by atoms with E-state index in [-0.39, 0.29) is 16.5 Å². The monoisotopic (exact) mass is 285 g/mol. The number of carbonyl (C=O) groups is 1. The lowest BCUT2D eigenvalue weighted by Crippen LogP contribution is -2.35. The van der Waals surface area contributed by atoms with E-state index >= 15 is 0 Å². The standard InChI is InChI=1S/C13H20ClN3O2/c1-13(2,4-5-19-3)8-17-12(18)9-6-11(14)16-7-10(9)15/h6-7H,4-5,8,15H2,1-3H3,(H,17,18). The molecular weight excluding hydrogens is 266 g/mol. The first-order valence-corrected chi connectivity index (χ1v) is 6.42. The molecule has 0 aliphatic heterocycles. The number of halogens is 1. The summed E-state index contributed by atoms with van der Waals surface area (Å²) in [6, 6.07) is 1.47. The van der Waals surface area contributed by atoms with Crippen molar-refractivity contribution in [2.24, 2.45) is 5.41 Å². The number of nitrogens with one attached hydrogen (secondary N) is 1. The van der Waals surface area contributed by atoms with E-state index in [1.54, 1.807) is 7.11 Å². The molecule has 6 heteroatoms. The summed E-state index contributed by atoms with van der Waals surface area (Å²) in [6.45, 7) is 5.32. The zero-order chi connectivity index (χ0) is 14.5. The molecule has 0 aliphatic carbocycles. The van der Waals surface area contributed by atoms with Crippen molar-refractivity contribution in [1.29, 1.82) is 0 Å². The van der Waals surface area contributed by atoms with Gasteiger partial charge in [-0.15, -0.1) is 0 Å². The lowest BCUT2D eigenvalue weighted by molar-refractivity contribution is 0.0921. The van der Waals surface area contributed by atoms with E-state index in [4.69, 9.17) is 22.1 Å². The van der Waals surface area contributed by atoms with Crippen molar-refractivity contribution in [2.45, 2.75) is 20.3 Å². The second kappa shape index (κ2) is 6.73. The van der Waals surface area contributed by atoms with Gasteiger partial charge in [-0.1, -0.05) is 25.4 Å². The minimum atomic E-state index is -0.243. The quantitative estimate of drug-likeness (QED) is 0.785. The van der Waals surface area contributed by atoms with Gasteiger partial charge in [0.05, 0.1) is 17.4 Å². The van der Waals surface area contributed by atoms with Crippen LogP contribution >= 0.6 is 11.6 Å². The zero-order valence-corrected chi connectivity index (χ0v) is 12.3. The molecule has 1 aromatic heterocycles. The predicted molar refractivity (Wildman–Crippen MR) is 76.3 cm³/mol. The molecule has 5 nitrogen and oxygen atoms in total. The second-order valence-corrected chi connectivity index (χ2v) is 5.57. The molecule has 0 unspecified atom stereocenters. The summed E-state index contributed by atoms with van der Waals surface area (Å²) in [4.78, 5) is 15.8. The van der Waals surface area contributed by atoms with Crippen LogP contribution in [0.1, 0.15) is 30.6 Å². The van der Waals surface area contributed by atoms with Gasteiger partial charge in [-0.2, -0.15) is 0 Å². The topological polar surface area (TPSA) is 77.2 Å². The molecule has 3 N–H and O–H groups in total. The van der Waals surface area contributed by atoms with E-state index in [1.807, 2.05) is 0 Å². The van der Waals surface area contributed by atoms with Gasteiger partial charge in [-0.05, 0) is 17.9 Å². The fourth-order valence-corrected chi connectivity index (χ4v) is 1.68. The van der Waals surface area contributed by atoms with Crippen LogP contribution in [0.3, 0.4) is 0 Å². The maximum absolute atomic E-state index is 12.0. The third-order valence-corrected chi connectivity index (χ3v) is 3.06.